The van der Waals surface area contributed by atoms with Crippen LogP contribution < -0.4 is 0 Å². The molecule has 5 heteroatoms. The van der Waals surface area contributed by atoms with Gasteiger partial charge in [-0.1, -0.05) is 13.8 Å². The van der Waals surface area contributed by atoms with Crippen molar-refractivity contribution in [1.82, 2.24) is 4.90 Å². The van der Waals surface area contributed by atoms with Gasteiger partial charge in [-0.15, -0.1) is 0 Å². The predicted molar refractivity (Wildman–Crippen MR) is 67.3 cm³/mol. The summed E-state index contributed by atoms with van der Waals surface area (Å²) < 4.78 is 5.23. The van der Waals surface area contributed by atoms with E-state index < -0.39 is 5.97 Å². The number of hydrogen-bond acceptors (Lipinski definition) is 3. The second kappa shape index (κ2) is 7.36. The van der Waals surface area contributed by atoms with Gasteiger partial charge in [-0.25, -0.2) is 4.79 Å². The minimum atomic E-state index is -0.939. The SMILES string of the molecule is CC(C)CCC(=O)N1CCC(OCC(=O)O)CC1. The number of rotatable bonds is 6. The summed E-state index contributed by atoms with van der Waals surface area (Å²) in [6, 6.07) is 0. The van der Waals surface area contributed by atoms with E-state index in [1.54, 1.807) is 0 Å². The number of carbonyl (C=O) groups excluding carboxylic acids is 1. The molecule has 5 nitrogen and oxygen atoms in total. The third kappa shape index (κ3) is 5.49. The molecule has 0 bridgehead atoms. The molecule has 0 spiro atoms. The molecule has 0 aliphatic carbocycles. The van der Waals surface area contributed by atoms with E-state index in [-0.39, 0.29) is 18.6 Å². The monoisotopic (exact) mass is 257 g/mol. The van der Waals surface area contributed by atoms with Gasteiger partial charge in [-0.3, -0.25) is 4.79 Å². The van der Waals surface area contributed by atoms with Crippen LogP contribution in [0.2, 0.25) is 0 Å². The largest absolute Gasteiger partial charge is 0.480 e. The molecule has 0 radical (unpaired) electrons. The first-order valence-electron chi connectivity index (χ1n) is 6.60. The van der Waals surface area contributed by atoms with Crippen molar-refractivity contribution in [3.8, 4) is 0 Å². The molecule has 1 aliphatic heterocycles. The molecule has 1 heterocycles. The molecule has 1 aliphatic rings. The highest BCUT2D eigenvalue weighted by Crippen LogP contribution is 2.16. The van der Waals surface area contributed by atoms with Gasteiger partial charge in [-0.05, 0) is 25.2 Å². The molecular formula is C13H23NO4. The Bertz CT molecular complexity index is 283. The molecule has 0 saturated carbocycles. The Morgan fingerprint density at radius 1 is 1.33 bits per heavy atom. The Morgan fingerprint density at radius 3 is 2.44 bits per heavy atom. The third-order valence-corrected chi connectivity index (χ3v) is 3.17. The van der Waals surface area contributed by atoms with E-state index in [1.165, 1.54) is 0 Å². The quantitative estimate of drug-likeness (QED) is 0.783. The lowest BCUT2D eigenvalue weighted by atomic mass is 10.0. The van der Waals surface area contributed by atoms with Crippen LogP contribution in [-0.2, 0) is 14.3 Å². The maximum atomic E-state index is 11.9. The zero-order chi connectivity index (χ0) is 13.5. The summed E-state index contributed by atoms with van der Waals surface area (Å²) in [5.74, 6) is -0.184. The zero-order valence-electron chi connectivity index (χ0n) is 11.2. The van der Waals surface area contributed by atoms with Gasteiger partial charge in [0.05, 0.1) is 6.10 Å². The predicted octanol–water partition coefficient (Wildman–Crippen LogP) is 1.51. The minimum Gasteiger partial charge on any atom is -0.480 e. The van der Waals surface area contributed by atoms with E-state index in [0.29, 0.717) is 25.4 Å². The first-order valence-corrected chi connectivity index (χ1v) is 6.60. The summed E-state index contributed by atoms with van der Waals surface area (Å²) in [6.45, 7) is 5.34. The molecule has 1 fully saturated rings. The Labute approximate surface area is 108 Å². The second-order valence-electron chi connectivity index (χ2n) is 5.22. The van der Waals surface area contributed by atoms with Gasteiger partial charge in [0.15, 0.2) is 0 Å². The average molecular weight is 257 g/mol. The van der Waals surface area contributed by atoms with Crippen LogP contribution >= 0.6 is 0 Å². The van der Waals surface area contributed by atoms with Crippen molar-refractivity contribution in [2.24, 2.45) is 5.92 Å². The van der Waals surface area contributed by atoms with Crippen molar-refractivity contribution in [3.05, 3.63) is 0 Å². The number of carboxylic acid groups (broad SMARTS) is 1. The van der Waals surface area contributed by atoms with E-state index >= 15 is 0 Å². The van der Waals surface area contributed by atoms with Gasteiger partial charge in [0.2, 0.25) is 5.91 Å². The highest BCUT2D eigenvalue weighted by Gasteiger charge is 2.23. The van der Waals surface area contributed by atoms with Crippen LogP contribution in [0.4, 0.5) is 0 Å². The molecule has 0 atom stereocenters. The number of aliphatic carboxylic acids is 1. The topological polar surface area (TPSA) is 66.8 Å². The first kappa shape index (κ1) is 15.0. The van der Waals surface area contributed by atoms with Crippen LogP contribution in [0, 0.1) is 5.92 Å². The molecular weight excluding hydrogens is 234 g/mol. The summed E-state index contributed by atoms with van der Waals surface area (Å²) >= 11 is 0. The molecule has 1 amide bonds. The second-order valence-corrected chi connectivity index (χ2v) is 5.22. The molecule has 0 aromatic carbocycles. The van der Waals surface area contributed by atoms with Crippen LogP contribution in [0.15, 0.2) is 0 Å². The van der Waals surface area contributed by atoms with Gasteiger partial charge in [0.25, 0.3) is 0 Å². The number of ether oxygens (including phenoxy) is 1. The standard InChI is InChI=1S/C13H23NO4/c1-10(2)3-4-12(15)14-7-5-11(6-8-14)18-9-13(16)17/h10-11H,3-9H2,1-2H3,(H,16,17). The van der Waals surface area contributed by atoms with Crippen molar-refractivity contribution in [2.75, 3.05) is 19.7 Å². The van der Waals surface area contributed by atoms with Crippen molar-refractivity contribution in [3.63, 3.8) is 0 Å². The molecule has 1 N–H and O–H groups in total. The van der Waals surface area contributed by atoms with Crippen LogP contribution in [0.25, 0.3) is 0 Å². The normalized spacial score (nSPS) is 17.2. The Balaban J connectivity index is 2.22. The van der Waals surface area contributed by atoms with Crippen LogP contribution in [0.3, 0.4) is 0 Å². The number of likely N-dealkylation sites (tertiary alicyclic amines) is 1. The van der Waals surface area contributed by atoms with Crippen LogP contribution in [-0.4, -0.2) is 47.7 Å². The van der Waals surface area contributed by atoms with E-state index in [2.05, 4.69) is 13.8 Å². The van der Waals surface area contributed by atoms with E-state index in [1.807, 2.05) is 4.90 Å². The third-order valence-electron chi connectivity index (χ3n) is 3.17. The van der Waals surface area contributed by atoms with E-state index in [4.69, 9.17) is 9.84 Å². The Morgan fingerprint density at radius 2 is 1.94 bits per heavy atom. The van der Waals surface area contributed by atoms with Gasteiger partial charge < -0.3 is 14.7 Å². The lowest BCUT2D eigenvalue weighted by molar-refractivity contribution is -0.146. The zero-order valence-corrected chi connectivity index (χ0v) is 11.2. The number of amides is 1. The van der Waals surface area contributed by atoms with E-state index in [9.17, 15) is 9.59 Å². The fourth-order valence-electron chi connectivity index (χ4n) is 2.03. The summed E-state index contributed by atoms with van der Waals surface area (Å²) in [7, 11) is 0. The van der Waals surface area contributed by atoms with E-state index in [0.717, 1.165) is 19.3 Å². The van der Waals surface area contributed by atoms with Crippen molar-refractivity contribution < 1.29 is 19.4 Å². The summed E-state index contributed by atoms with van der Waals surface area (Å²) in [5, 5.41) is 8.52. The molecule has 1 rings (SSSR count). The molecule has 0 unspecified atom stereocenters. The number of hydrogen-bond donors (Lipinski definition) is 1. The number of nitrogens with zero attached hydrogens (tertiary/aromatic N) is 1. The first-order chi connectivity index (χ1) is 8.49. The molecule has 1 saturated heterocycles. The van der Waals surface area contributed by atoms with Crippen molar-refractivity contribution >= 4 is 11.9 Å². The lowest BCUT2D eigenvalue weighted by Gasteiger charge is -2.31. The van der Waals surface area contributed by atoms with Gasteiger partial charge >= 0.3 is 5.97 Å². The fraction of sp³-hybridized carbons (Fsp3) is 0.846. The summed E-state index contributed by atoms with van der Waals surface area (Å²) in [4.78, 5) is 24.1. The number of piperidine rings is 1. The van der Waals surface area contributed by atoms with Gasteiger partial charge in [0, 0.05) is 19.5 Å². The summed E-state index contributed by atoms with van der Waals surface area (Å²) in [5.41, 5.74) is 0. The molecule has 0 aromatic rings. The highest BCUT2D eigenvalue weighted by atomic mass is 16.5. The maximum Gasteiger partial charge on any atom is 0.329 e. The average Bonchev–Trinajstić information content (AvgIpc) is 2.34. The molecule has 18 heavy (non-hydrogen) atoms. The van der Waals surface area contributed by atoms with Crippen LogP contribution in [0.5, 0.6) is 0 Å². The van der Waals surface area contributed by atoms with Gasteiger partial charge in [-0.2, -0.15) is 0 Å². The van der Waals surface area contributed by atoms with Crippen molar-refractivity contribution in [1.29, 1.82) is 0 Å². The van der Waals surface area contributed by atoms with Crippen LogP contribution in [0.1, 0.15) is 39.5 Å². The molecule has 104 valence electrons. The van der Waals surface area contributed by atoms with Gasteiger partial charge in [0.1, 0.15) is 6.61 Å². The highest BCUT2D eigenvalue weighted by molar-refractivity contribution is 5.76. The maximum absolute atomic E-state index is 11.9. The fourth-order valence-corrected chi connectivity index (χ4v) is 2.03. The summed E-state index contributed by atoms with van der Waals surface area (Å²) in [6.07, 6.45) is 2.99. The minimum absolute atomic E-state index is 0.0183. The number of carbonyl (C=O) groups is 2. The smallest absolute Gasteiger partial charge is 0.329 e. The number of carboxylic acids is 1. The Hall–Kier alpha value is -1.10. The lowest BCUT2D eigenvalue weighted by Crippen LogP contribution is -2.41. The van der Waals surface area contributed by atoms with Crippen molar-refractivity contribution in [2.45, 2.75) is 45.6 Å². The molecule has 0 aromatic heterocycles. The Kier molecular flexibility index (Phi) is 6.12.